The largest absolute Gasteiger partial charge is 0.388 e. The van der Waals surface area contributed by atoms with E-state index in [1.54, 1.807) is 0 Å². The van der Waals surface area contributed by atoms with Crippen LogP contribution in [0.1, 0.15) is 17.2 Å². The second-order valence-electron chi connectivity index (χ2n) is 3.52. The molecule has 1 radical (unpaired) electrons. The zero-order valence-corrected chi connectivity index (χ0v) is 8.43. The van der Waals surface area contributed by atoms with Gasteiger partial charge in [0.1, 0.15) is 0 Å². The Morgan fingerprint density at radius 1 is 1.00 bits per heavy atom. The van der Waals surface area contributed by atoms with Gasteiger partial charge in [0.15, 0.2) is 0 Å². The fourth-order valence-corrected chi connectivity index (χ4v) is 1.56. The Hall–Kier alpha value is -1.60. The Morgan fingerprint density at radius 2 is 1.73 bits per heavy atom. The molecule has 1 nitrogen and oxygen atoms in total. The molecule has 75 valence electrons. The summed E-state index contributed by atoms with van der Waals surface area (Å²) in [6.07, 6.45) is 0.176. The minimum absolute atomic E-state index is 0.464. The molecule has 0 saturated heterocycles. The average Bonchev–Trinajstić information content (AvgIpc) is 2.31. The molecule has 0 aliphatic carbocycles. The topological polar surface area (TPSA) is 20.2 Å². The van der Waals surface area contributed by atoms with Gasteiger partial charge in [-0.3, -0.25) is 0 Å². The summed E-state index contributed by atoms with van der Waals surface area (Å²) in [5.74, 6) is 0. The summed E-state index contributed by atoms with van der Waals surface area (Å²) >= 11 is 0. The van der Waals surface area contributed by atoms with Gasteiger partial charge < -0.3 is 5.11 Å². The molecule has 0 saturated carbocycles. The summed E-state index contributed by atoms with van der Waals surface area (Å²) in [5, 5.41) is 9.94. The first kappa shape index (κ1) is 9.94. The van der Waals surface area contributed by atoms with Crippen LogP contribution in [0.3, 0.4) is 0 Å². The van der Waals surface area contributed by atoms with Crippen LogP contribution in [-0.2, 0) is 6.42 Å². The summed E-state index contributed by atoms with van der Waals surface area (Å²) in [7, 11) is 0. The second-order valence-corrected chi connectivity index (χ2v) is 3.52. The molecular weight excluding hydrogens is 184 g/mol. The third-order valence-electron chi connectivity index (χ3n) is 2.36. The molecule has 0 aliphatic heterocycles. The minimum Gasteiger partial charge on any atom is -0.388 e. The van der Waals surface area contributed by atoms with Gasteiger partial charge in [0.05, 0.1) is 6.10 Å². The van der Waals surface area contributed by atoms with Crippen molar-refractivity contribution in [1.82, 2.24) is 0 Å². The van der Waals surface area contributed by atoms with E-state index in [9.17, 15) is 5.11 Å². The smallest absolute Gasteiger partial charge is 0.0836 e. The molecule has 0 amide bonds. The lowest BCUT2D eigenvalue weighted by molar-refractivity contribution is 0.178. The molecule has 1 unspecified atom stereocenters. The monoisotopic (exact) mass is 197 g/mol. The van der Waals surface area contributed by atoms with E-state index in [1.807, 2.05) is 54.6 Å². The Balaban J connectivity index is 2.08. The molecule has 0 aliphatic rings. The van der Waals surface area contributed by atoms with Gasteiger partial charge in [-0.1, -0.05) is 54.6 Å². The van der Waals surface area contributed by atoms with Crippen LogP contribution in [0.5, 0.6) is 0 Å². The van der Waals surface area contributed by atoms with Crippen LogP contribution >= 0.6 is 0 Å². The van der Waals surface area contributed by atoms with Crippen LogP contribution in [0.25, 0.3) is 0 Å². The van der Waals surface area contributed by atoms with E-state index in [4.69, 9.17) is 0 Å². The normalized spacial score (nSPS) is 12.3. The molecule has 2 aromatic rings. The van der Waals surface area contributed by atoms with Crippen LogP contribution in [0.2, 0.25) is 0 Å². The molecule has 15 heavy (non-hydrogen) atoms. The first-order valence-corrected chi connectivity index (χ1v) is 5.05. The molecule has 0 spiro atoms. The molecular formula is C14H13O. The lowest BCUT2D eigenvalue weighted by atomic mass is 10.0. The summed E-state index contributed by atoms with van der Waals surface area (Å²) in [6.45, 7) is 0. The molecule has 0 fully saturated rings. The highest BCUT2D eigenvalue weighted by Gasteiger charge is 2.07. The first-order chi connectivity index (χ1) is 7.36. The van der Waals surface area contributed by atoms with Crippen molar-refractivity contribution in [2.45, 2.75) is 12.5 Å². The van der Waals surface area contributed by atoms with Crippen molar-refractivity contribution in [3.8, 4) is 0 Å². The Morgan fingerprint density at radius 3 is 2.40 bits per heavy atom. The number of aliphatic hydroxyl groups excluding tert-OH is 1. The first-order valence-electron chi connectivity index (χ1n) is 5.05. The lowest BCUT2D eigenvalue weighted by Gasteiger charge is -2.10. The van der Waals surface area contributed by atoms with Crippen LogP contribution in [0, 0.1) is 6.07 Å². The Bertz CT molecular complexity index is 394. The fraction of sp³-hybridized carbons (Fsp3) is 0.143. The highest BCUT2D eigenvalue weighted by Crippen LogP contribution is 2.16. The minimum atomic E-state index is -0.464. The van der Waals surface area contributed by atoms with Crippen LogP contribution < -0.4 is 0 Å². The summed E-state index contributed by atoms with van der Waals surface area (Å²) in [6, 6.07) is 20.6. The van der Waals surface area contributed by atoms with E-state index in [-0.39, 0.29) is 0 Å². The maximum Gasteiger partial charge on any atom is 0.0836 e. The zero-order chi connectivity index (χ0) is 10.5. The molecule has 1 heteroatoms. The standard InChI is InChI=1S/C14H13O/c15-14(13-9-5-2-6-10-13)11-12-7-3-1-4-8-12/h1-9,14-15H,11H2. The molecule has 0 heterocycles. The quantitative estimate of drug-likeness (QED) is 0.802. The molecule has 0 bridgehead atoms. The Labute approximate surface area is 90.0 Å². The maximum atomic E-state index is 9.94. The molecule has 0 aromatic heterocycles. The van der Waals surface area contributed by atoms with Crippen molar-refractivity contribution in [3.63, 3.8) is 0 Å². The van der Waals surface area contributed by atoms with Gasteiger partial charge in [0.2, 0.25) is 0 Å². The van der Waals surface area contributed by atoms with Crippen LogP contribution in [0.4, 0.5) is 0 Å². The number of aliphatic hydroxyl groups is 1. The third kappa shape index (κ3) is 2.67. The predicted octanol–water partition coefficient (Wildman–Crippen LogP) is 2.76. The Kier molecular flexibility index (Phi) is 3.15. The van der Waals surface area contributed by atoms with Crippen molar-refractivity contribution >= 4 is 0 Å². The van der Waals surface area contributed by atoms with Gasteiger partial charge in [0, 0.05) is 6.42 Å². The van der Waals surface area contributed by atoms with E-state index in [0.29, 0.717) is 6.42 Å². The molecule has 1 N–H and O–H groups in total. The van der Waals surface area contributed by atoms with Gasteiger partial charge in [-0.2, -0.15) is 0 Å². The van der Waals surface area contributed by atoms with Crippen molar-refractivity contribution < 1.29 is 5.11 Å². The van der Waals surface area contributed by atoms with E-state index in [1.165, 1.54) is 0 Å². The highest BCUT2D eigenvalue weighted by atomic mass is 16.3. The predicted molar refractivity (Wildman–Crippen MR) is 60.4 cm³/mol. The van der Waals surface area contributed by atoms with E-state index in [0.717, 1.165) is 11.1 Å². The van der Waals surface area contributed by atoms with Crippen molar-refractivity contribution in [1.29, 1.82) is 0 Å². The molecule has 2 aromatic carbocycles. The maximum absolute atomic E-state index is 9.94. The number of benzene rings is 2. The van der Waals surface area contributed by atoms with E-state index >= 15 is 0 Å². The number of hydrogen-bond acceptors (Lipinski definition) is 1. The van der Waals surface area contributed by atoms with Crippen molar-refractivity contribution in [2.24, 2.45) is 0 Å². The highest BCUT2D eigenvalue weighted by molar-refractivity contribution is 5.21. The zero-order valence-electron chi connectivity index (χ0n) is 8.43. The fourth-order valence-electron chi connectivity index (χ4n) is 1.56. The van der Waals surface area contributed by atoms with Gasteiger partial charge in [-0.15, -0.1) is 0 Å². The van der Waals surface area contributed by atoms with Crippen LogP contribution in [0.15, 0.2) is 54.6 Å². The molecule has 2 rings (SSSR count). The van der Waals surface area contributed by atoms with Gasteiger partial charge in [0.25, 0.3) is 0 Å². The van der Waals surface area contributed by atoms with Crippen molar-refractivity contribution in [2.75, 3.05) is 0 Å². The molecule has 1 atom stereocenters. The third-order valence-corrected chi connectivity index (χ3v) is 2.36. The van der Waals surface area contributed by atoms with Gasteiger partial charge >= 0.3 is 0 Å². The second kappa shape index (κ2) is 4.76. The number of hydrogen-bond donors (Lipinski definition) is 1. The van der Waals surface area contributed by atoms with Crippen LogP contribution in [-0.4, -0.2) is 5.11 Å². The summed E-state index contributed by atoms with van der Waals surface area (Å²) in [4.78, 5) is 0. The average molecular weight is 197 g/mol. The van der Waals surface area contributed by atoms with E-state index < -0.39 is 6.10 Å². The SMILES string of the molecule is OC(Cc1ccccc1)c1[c]cccc1. The van der Waals surface area contributed by atoms with Gasteiger partial charge in [-0.25, -0.2) is 0 Å². The van der Waals surface area contributed by atoms with Gasteiger partial charge in [-0.05, 0) is 17.2 Å². The summed E-state index contributed by atoms with van der Waals surface area (Å²) < 4.78 is 0. The lowest BCUT2D eigenvalue weighted by Crippen LogP contribution is -2.01. The number of rotatable bonds is 3. The van der Waals surface area contributed by atoms with E-state index in [2.05, 4.69) is 6.07 Å². The van der Waals surface area contributed by atoms with Crippen molar-refractivity contribution in [3.05, 3.63) is 71.8 Å². The summed E-state index contributed by atoms with van der Waals surface area (Å²) in [5.41, 5.74) is 1.99.